The lowest BCUT2D eigenvalue weighted by atomic mass is 10.5. The zero-order chi connectivity index (χ0) is 13.1. The molecule has 0 amide bonds. The van der Waals surface area contributed by atoms with Crippen LogP contribution in [0.1, 0.15) is 19.3 Å². The normalized spacial score (nSPS) is 10.1. The van der Waals surface area contributed by atoms with Gasteiger partial charge in [0.15, 0.2) is 0 Å². The molecule has 0 bridgehead atoms. The third kappa shape index (κ3) is 3.41. The zero-order valence-corrected chi connectivity index (χ0v) is 13.3. The summed E-state index contributed by atoms with van der Waals surface area (Å²) in [6, 6.07) is 6.57. The summed E-state index contributed by atoms with van der Waals surface area (Å²) >= 11 is 8.83. The Morgan fingerprint density at radius 2 is 1.22 bits per heavy atom. The van der Waals surface area contributed by atoms with Crippen LogP contribution in [0.15, 0.2) is 31.8 Å². The van der Waals surface area contributed by atoms with E-state index in [2.05, 4.69) is 41.6 Å². The highest BCUT2D eigenvalue weighted by Crippen LogP contribution is 2.24. The van der Waals surface area contributed by atoms with Crippen LogP contribution in [0.25, 0.3) is 0 Å². The fourth-order valence-electron chi connectivity index (χ4n) is 1.01. The minimum Gasteiger partial charge on any atom is -0.241 e. The maximum Gasteiger partial charge on any atom is 0.396 e. The van der Waals surface area contributed by atoms with Crippen molar-refractivity contribution >= 4 is 66.5 Å². The van der Waals surface area contributed by atoms with E-state index >= 15 is 0 Å². The molecule has 0 radical (unpaired) electrons. The molecular weight excluding hydrogens is 408 g/mol. The predicted octanol–water partition coefficient (Wildman–Crippen LogP) is 4.26. The Bertz CT molecular complexity index is 538. The van der Waals surface area contributed by atoms with Gasteiger partial charge in [-0.1, -0.05) is 0 Å². The average Bonchev–Trinajstić information content (AvgIpc) is 2.94. The summed E-state index contributed by atoms with van der Waals surface area (Å²) in [6.07, 6.45) is 0. The molecule has 2 heterocycles. The Morgan fingerprint density at radius 1 is 0.833 bits per heavy atom. The van der Waals surface area contributed by atoms with Gasteiger partial charge in [0.05, 0.1) is 7.57 Å². The smallest absolute Gasteiger partial charge is 0.241 e. The van der Waals surface area contributed by atoms with Gasteiger partial charge in [0.2, 0.25) is 0 Å². The van der Waals surface area contributed by atoms with Crippen molar-refractivity contribution < 1.29 is 19.4 Å². The van der Waals surface area contributed by atoms with Crippen molar-refractivity contribution in [3.8, 4) is 0 Å². The van der Waals surface area contributed by atoms with Gasteiger partial charge >= 0.3 is 11.9 Å². The van der Waals surface area contributed by atoms with E-state index in [-0.39, 0.29) is 0 Å². The number of hydrogen-bond acceptors (Lipinski definition) is 6. The highest BCUT2D eigenvalue weighted by molar-refractivity contribution is 9.11. The van der Waals surface area contributed by atoms with E-state index < -0.39 is 11.9 Å². The molecule has 0 atom stereocenters. The van der Waals surface area contributed by atoms with Crippen molar-refractivity contribution in [1.29, 1.82) is 0 Å². The van der Waals surface area contributed by atoms with Crippen LogP contribution in [-0.4, -0.2) is 11.9 Å². The van der Waals surface area contributed by atoms with Crippen molar-refractivity contribution in [2.45, 2.75) is 0 Å². The summed E-state index contributed by atoms with van der Waals surface area (Å²) < 4.78 is 1.59. The SMILES string of the molecule is O=C(OOC(=O)c1ccc(Br)s1)c1ccc(Br)s1. The molecule has 4 nitrogen and oxygen atoms in total. The van der Waals surface area contributed by atoms with Crippen LogP contribution in [-0.2, 0) is 9.78 Å². The van der Waals surface area contributed by atoms with E-state index in [9.17, 15) is 9.59 Å². The summed E-state index contributed by atoms with van der Waals surface area (Å²) in [7, 11) is 0. The van der Waals surface area contributed by atoms with Crippen molar-refractivity contribution in [2.75, 3.05) is 0 Å². The lowest BCUT2D eigenvalue weighted by Gasteiger charge is -1.99. The molecule has 0 N–H and O–H groups in total. The lowest BCUT2D eigenvalue weighted by molar-refractivity contribution is -0.187. The Kier molecular flexibility index (Phi) is 4.55. The third-order valence-corrected chi connectivity index (χ3v) is 4.95. The number of carbonyl (C=O) groups is 2. The maximum absolute atomic E-state index is 11.5. The maximum atomic E-state index is 11.5. The second-order valence-corrected chi connectivity index (χ2v) is 7.88. The Balaban J connectivity index is 1.92. The van der Waals surface area contributed by atoms with Crippen LogP contribution >= 0.6 is 54.5 Å². The molecule has 2 rings (SSSR count). The summed E-state index contributed by atoms with van der Waals surface area (Å²) in [5, 5.41) is 0. The average molecular weight is 412 g/mol. The van der Waals surface area contributed by atoms with E-state index in [0.717, 1.165) is 7.57 Å². The fraction of sp³-hybridized carbons (Fsp3) is 0. The minimum atomic E-state index is -0.699. The summed E-state index contributed by atoms with van der Waals surface area (Å²) in [5.74, 6) is -1.40. The number of halogens is 2. The van der Waals surface area contributed by atoms with Gasteiger partial charge in [0, 0.05) is 0 Å². The zero-order valence-electron chi connectivity index (χ0n) is 8.51. The fourth-order valence-corrected chi connectivity index (χ4v) is 3.52. The Morgan fingerprint density at radius 3 is 1.50 bits per heavy atom. The number of rotatable bonds is 2. The highest BCUT2D eigenvalue weighted by Gasteiger charge is 2.16. The standard InChI is InChI=1S/C10H4Br2O4S2/c11-7-3-1-5(17-7)9(13)15-16-10(14)6-2-4-8(12)18-6/h1-4H. The second kappa shape index (κ2) is 5.96. The quantitative estimate of drug-likeness (QED) is 0.547. The van der Waals surface area contributed by atoms with Crippen LogP contribution in [0.4, 0.5) is 0 Å². The van der Waals surface area contributed by atoms with Crippen LogP contribution < -0.4 is 0 Å². The molecule has 0 saturated heterocycles. The van der Waals surface area contributed by atoms with Crippen molar-refractivity contribution in [1.82, 2.24) is 0 Å². The molecule has 0 aliphatic carbocycles. The van der Waals surface area contributed by atoms with Crippen LogP contribution in [0, 0.1) is 0 Å². The van der Waals surface area contributed by atoms with Gasteiger partial charge in [-0.05, 0) is 56.1 Å². The lowest BCUT2D eigenvalue weighted by Crippen LogP contribution is -2.09. The minimum absolute atomic E-state index is 0.349. The largest absolute Gasteiger partial charge is 0.396 e. The molecule has 8 heteroatoms. The molecule has 18 heavy (non-hydrogen) atoms. The molecule has 0 spiro atoms. The highest BCUT2D eigenvalue weighted by atomic mass is 79.9. The summed E-state index contributed by atoms with van der Waals surface area (Å²) in [4.78, 5) is 32.6. The molecule has 0 aliphatic heterocycles. The predicted molar refractivity (Wildman–Crippen MR) is 74.9 cm³/mol. The van der Waals surface area contributed by atoms with E-state index in [1.807, 2.05) is 0 Å². The molecule has 0 saturated carbocycles. The first-order chi connectivity index (χ1) is 8.56. The molecule has 2 aromatic heterocycles. The van der Waals surface area contributed by atoms with Crippen molar-refractivity contribution in [3.05, 3.63) is 41.6 Å². The number of thiophene rings is 2. The van der Waals surface area contributed by atoms with E-state index in [1.54, 1.807) is 24.3 Å². The van der Waals surface area contributed by atoms with Crippen molar-refractivity contribution in [3.63, 3.8) is 0 Å². The van der Waals surface area contributed by atoms with Gasteiger partial charge in [0.25, 0.3) is 0 Å². The molecular formula is C10H4Br2O4S2. The molecule has 0 unspecified atom stereocenters. The van der Waals surface area contributed by atoms with Gasteiger partial charge in [0.1, 0.15) is 9.75 Å². The van der Waals surface area contributed by atoms with Gasteiger partial charge in [-0.25, -0.2) is 19.4 Å². The third-order valence-electron chi connectivity index (χ3n) is 1.74. The van der Waals surface area contributed by atoms with Crippen LogP contribution in [0.2, 0.25) is 0 Å². The molecule has 2 aromatic rings. The van der Waals surface area contributed by atoms with E-state index in [0.29, 0.717) is 9.75 Å². The van der Waals surface area contributed by atoms with Gasteiger partial charge in [-0.2, -0.15) is 0 Å². The summed E-state index contributed by atoms with van der Waals surface area (Å²) in [6.45, 7) is 0. The molecule has 0 aliphatic rings. The van der Waals surface area contributed by atoms with Crippen molar-refractivity contribution in [2.24, 2.45) is 0 Å². The first kappa shape index (κ1) is 13.7. The van der Waals surface area contributed by atoms with Crippen LogP contribution in [0.5, 0.6) is 0 Å². The monoisotopic (exact) mass is 410 g/mol. The first-order valence-corrected chi connectivity index (χ1v) is 7.72. The van der Waals surface area contributed by atoms with Gasteiger partial charge in [-0.15, -0.1) is 22.7 Å². The van der Waals surface area contributed by atoms with Crippen LogP contribution in [0.3, 0.4) is 0 Å². The van der Waals surface area contributed by atoms with Gasteiger partial charge < -0.3 is 0 Å². The topological polar surface area (TPSA) is 52.6 Å². The number of carbonyl (C=O) groups excluding carboxylic acids is 2. The number of hydrogen-bond donors (Lipinski definition) is 0. The Hall–Kier alpha value is -0.700. The van der Waals surface area contributed by atoms with Gasteiger partial charge in [-0.3, -0.25) is 0 Å². The van der Waals surface area contributed by atoms with E-state index in [1.165, 1.54) is 22.7 Å². The first-order valence-electron chi connectivity index (χ1n) is 4.50. The van der Waals surface area contributed by atoms with E-state index in [4.69, 9.17) is 0 Å². The second-order valence-electron chi connectivity index (χ2n) is 2.95. The molecule has 0 aromatic carbocycles. The summed E-state index contributed by atoms with van der Waals surface area (Å²) in [5.41, 5.74) is 0. The molecule has 0 fully saturated rings. The Labute approximate surface area is 127 Å². The molecule has 94 valence electrons.